The molecular weight excluding hydrogens is 232 g/mol. The number of aromatic nitrogens is 2. The number of rotatable bonds is 4. The molecule has 1 aliphatic heterocycles. The first-order chi connectivity index (χ1) is 8.79. The maximum atomic E-state index is 11.9. The summed E-state index contributed by atoms with van der Waals surface area (Å²) in [6.07, 6.45) is 6.43. The Morgan fingerprint density at radius 2 is 2.39 bits per heavy atom. The van der Waals surface area contributed by atoms with Crippen molar-refractivity contribution in [3.63, 3.8) is 0 Å². The molecule has 0 aromatic carbocycles. The van der Waals surface area contributed by atoms with Gasteiger partial charge in [0.2, 0.25) is 0 Å². The number of anilines is 1. The Balaban J connectivity index is 1.86. The van der Waals surface area contributed by atoms with Gasteiger partial charge in [-0.2, -0.15) is 0 Å². The number of amides is 1. The van der Waals surface area contributed by atoms with Gasteiger partial charge in [-0.05, 0) is 19.3 Å². The van der Waals surface area contributed by atoms with Crippen LogP contribution in [0, 0.1) is 0 Å². The van der Waals surface area contributed by atoms with E-state index in [-0.39, 0.29) is 12.0 Å². The zero-order chi connectivity index (χ0) is 12.8. The third-order valence-corrected chi connectivity index (χ3v) is 2.89. The van der Waals surface area contributed by atoms with Gasteiger partial charge in [0.25, 0.3) is 5.91 Å². The molecule has 1 amide bonds. The number of nitrogens with one attached hydrogen (secondary N) is 2. The summed E-state index contributed by atoms with van der Waals surface area (Å²) in [6.45, 7) is 1.32. The maximum absolute atomic E-state index is 11.9. The predicted octanol–water partition coefficient (Wildman–Crippen LogP) is 0.817. The number of nitrogens with zero attached hydrogens (tertiary/aromatic N) is 2. The molecule has 1 saturated heterocycles. The van der Waals surface area contributed by atoms with Crippen LogP contribution in [0.25, 0.3) is 0 Å². The molecule has 1 atom stereocenters. The van der Waals surface area contributed by atoms with Gasteiger partial charge in [-0.25, -0.2) is 4.98 Å². The minimum absolute atomic E-state index is 0.128. The lowest BCUT2D eigenvalue weighted by molar-refractivity contribution is 0.0168. The molecule has 0 radical (unpaired) electrons. The standard InChI is InChI=1S/C12H18N4O2/c1-13-11-8-14-7-10(16-11)12(17)15-6-9-4-2-3-5-18-9/h7-9H,2-6H2,1H3,(H,13,16)(H,15,17). The fourth-order valence-electron chi connectivity index (χ4n) is 1.86. The number of carbonyl (C=O) groups is 1. The van der Waals surface area contributed by atoms with Crippen LogP contribution in [0.4, 0.5) is 5.82 Å². The number of hydrogen-bond acceptors (Lipinski definition) is 5. The molecule has 0 bridgehead atoms. The van der Waals surface area contributed by atoms with Crippen LogP contribution in [0.5, 0.6) is 0 Å². The van der Waals surface area contributed by atoms with Gasteiger partial charge in [-0.1, -0.05) is 0 Å². The number of hydrogen-bond donors (Lipinski definition) is 2. The molecule has 0 aliphatic carbocycles. The van der Waals surface area contributed by atoms with Crippen LogP contribution in [0.15, 0.2) is 12.4 Å². The summed E-state index contributed by atoms with van der Waals surface area (Å²) < 4.78 is 5.55. The molecule has 6 heteroatoms. The fourth-order valence-corrected chi connectivity index (χ4v) is 1.86. The van der Waals surface area contributed by atoms with E-state index >= 15 is 0 Å². The van der Waals surface area contributed by atoms with Gasteiger partial charge in [0.05, 0.1) is 18.5 Å². The Morgan fingerprint density at radius 1 is 1.50 bits per heavy atom. The molecule has 0 spiro atoms. The summed E-state index contributed by atoms with van der Waals surface area (Å²) in [6, 6.07) is 0. The molecule has 6 nitrogen and oxygen atoms in total. The SMILES string of the molecule is CNc1cncc(C(=O)NCC2CCCCO2)n1. The molecule has 1 aliphatic rings. The Kier molecular flexibility index (Phi) is 4.46. The van der Waals surface area contributed by atoms with Gasteiger partial charge in [0.1, 0.15) is 11.5 Å². The lowest BCUT2D eigenvalue weighted by Gasteiger charge is -2.22. The van der Waals surface area contributed by atoms with Gasteiger partial charge in [0, 0.05) is 20.2 Å². The molecule has 2 N–H and O–H groups in total. The van der Waals surface area contributed by atoms with Gasteiger partial charge in [-0.15, -0.1) is 0 Å². The highest BCUT2D eigenvalue weighted by Gasteiger charge is 2.16. The van der Waals surface area contributed by atoms with Crippen molar-refractivity contribution in [1.82, 2.24) is 15.3 Å². The van der Waals surface area contributed by atoms with Gasteiger partial charge >= 0.3 is 0 Å². The van der Waals surface area contributed by atoms with Gasteiger partial charge in [0.15, 0.2) is 0 Å². The predicted molar refractivity (Wildman–Crippen MR) is 67.5 cm³/mol. The summed E-state index contributed by atoms with van der Waals surface area (Å²) in [5.41, 5.74) is 0.317. The van der Waals surface area contributed by atoms with E-state index in [1.54, 1.807) is 13.2 Å². The highest BCUT2D eigenvalue weighted by molar-refractivity contribution is 5.92. The second-order valence-corrected chi connectivity index (χ2v) is 4.24. The molecule has 1 fully saturated rings. The minimum Gasteiger partial charge on any atom is -0.376 e. The van der Waals surface area contributed by atoms with Gasteiger partial charge < -0.3 is 15.4 Å². The first kappa shape index (κ1) is 12.8. The second kappa shape index (κ2) is 6.30. The van der Waals surface area contributed by atoms with E-state index in [1.807, 2.05) is 0 Å². The molecule has 1 aromatic heterocycles. The van der Waals surface area contributed by atoms with Crippen molar-refractivity contribution in [3.05, 3.63) is 18.1 Å². The van der Waals surface area contributed by atoms with Crippen LogP contribution in [0.2, 0.25) is 0 Å². The maximum Gasteiger partial charge on any atom is 0.271 e. The van der Waals surface area contributed by atoms with E-state index < -0.39 is 0 Å². The highest BCUT2D eigenvalue weighted by Crippen LogP contribution is 2.11. The van der Waals surface area contributed by atoms with Crippen LogP contribution in [-0.2, 0) is 4.74 Å². The molecule has 1 unspecified atom stereocenters. The van der Waals surface area contributed by atoms with E-state index in [0.29, 0.717) is 18.1 Å². The normalized spacial score (nSPS) is 19.3. The molecule has 2 rings (SSSR count). The summed E-state index contributed by atoms with van der Waals surface area (Å²) >= 11 is 0. The smallest absolute Gasteiger partial charge is 0.271 e. The fraction of sp³-hybridized carbons (Fsp3) is 0.583. The van der Waals surface area contributed by atoms with E-state index in [9.17, 15) is 4.79 Å². The topological polar surface area (TPSA) is 76.1 Å². The quantitative estimate of drug-likeness (QED) is 0.827. The second-order valence-electron chi connectivity index (χ2n) is 4.24. The molecular formula is C12H18N4O2. The van der Waals surface area contributed by atoms with E-state index in [4.69, 9.17) is 4.74 Å². The van der Waals surface area contributed by atoms with Crippen molar-refractivity contribution in [1.29, 1.82) is 0 Å². The van der Waals surface area contributed by atoms with Crippen molar-refractivity contribution in [2.75, 3.05) is 25.5 Å². The Labute approximate surface area is 106 Å². The first-order valence-corrected chi connectivity index (χ1v) is 6.19. The zero-order valence-corrected chi connectivity index (χ0v) is 10.5. The average molecular weight is 250 g/mol. The van der Waals surface area contributed by atoms with Crippen LogP contribution in [-0.4, -0.2) is 42.2 Å². The van der Waals surface area contributed by atoms with Gasteiger partial charge in [-0.3, -0.25) is 9.78 Å². The minimum atomic E-state index is -0.214. The third kappa shape index (κ3) is 3.40. The summed E-state index contributed by atoms with van der Waals surface area (Å²) in [4.78, 5) is 19.9. The van der Waals surface area contributed by atoms with E-state index in [2.05, 4.69) is 20.6 Å². The highest BCUT2D eigenvalue weighted by atomic mass is 16.5. The summed E-state index contributed by atoms with van der Waals surface area (Å²) in [7, 11) is 1.74. The lowest BCUT2D eigenvalue weighted by atomic mass is 10.1. The van der Waals surface area contributed by atoms with E-state index in [1.165, 1.54) is 6.20 Å². The van der Waals surface area contributed by atoms with Crippen molar-refractivity contribution in [2.24, 2.45) is 0 Å². The Bertz CT molecular complexity index is 405. The van der Waals surface area contributed by atoms with Crippen LogP contribution in [0.1, 0.15) is 29.8 Å². The largest absolute Gasteiger partial charge is 0.376 e. The molecule has 2 heterocycles. The molecule has 18 heavy (non-hydrogen) atoms. The van der Waals surface area contributed by atoms with Crippen molar-refractivity contribution in [2.45, 2.75) is 25.4 Å². The third-order valence-electron chi connectivity index (χ3n) is 2.89. The zero-order valence-electron chi connectivity index (χ0n) is 10.5. The van der Waals surface area contributed by atoms with Crippen LogP contribution in [0.3, 0.4) is 0 Å². The Morgan fingerprint density at radius 3 is 3.11 bits per heavy atom. The van der Waals surface area contributed by atoms with Crippen LogP contribution < -0.4 is 10.6 Å². The monoisotopic (exact) mass is 250 g/mol. The molecule has 98 valence electrons. The molecule has 1 aromatic rings. The first-order valence-electron chi connectivity index (χ1n) is 6.19. The summed E-state index contributed by atoms with van der Waals surface area (Å²) in [5, 5.41) is 5.68. The number of ether oxygens (including phenoxy) is 1. The van der Waals surface area contributed by atoms with E-state index in [0.717, 1.165) is 25.9 Å². The van der Waals surface area contributed by atoms with Crippen molar-refractivity contribution < 1.29 is 9.53 Å². The summed E-state index contributed by atoms with van der Waals surface area (Å²) in [5.74, 6) is 0.366. The molecule has 0 saturated carbocycles. The van der Waals surface area contributed by atoms with Crippen LogP contribution >= 0.6 is 0 Å². The lowest BCUT2D eigenvalue weighted by Crippen LogP contribution is -2.35. The Hall–Kier alpha value is -1.69. The number of carbonyl (C=O) groups excluding carboxylic acids is 1. The average Bonchev–Trinajstić information content (AvgIpc) is 2.46. The van der Waals surface area contributed by atoms with Crippen molar-refractivity contribution >= 4 is 11.7 Å². The van der Waals surface area contributed by atoms with Crippen molar-refractivity contribution in [3.8, 4) is 0 Å².